The number of rotatable bonds is 8. The van der Waals surface area contributed by atoms with Crippen molar-refractivity contribution in [2.24, 2.45) is 5.92 Å². The number of aliphatic carboxylic acids is 1. The van der Waals surface area contributed by atoms with Gasteiger partial charge in [0.1, 0.15) is 11.5 Å². The number of hydrogen-bond donors (Lipinski definition) is 1. The Hall–Kier alpha value is -3.62. The van der Waals surface area contributed by atoms with Crippen molar-refractivity contribution < 1.29 is 36.9 Å². The van der Waals surface area contributed by atoms with E-state index in [1.165, 1.54) is 30.3 Å². The fourth-order valence-corrected chi connectivity index (χ4v) is 4.39. The van der Waals surface area contributed by atoms with Crippen molar-refractivity contribution in [3.8, 4) is 17.4 Å². The lowest BCUT2D eigenvalue weighted by molar-refractivity contribution is -0.360. The van der Waals surface area contributed by atoms with Crippen LogP contribution in [0.4, 0.5) is 17.6 Å². The Morgan fingerprint density at radius 1 is 0.941 bits per heavy atom. The maximum atomic E-state index is 14.9. The molecule has 0 radical (unpaired) electrons. The van der Waals surface area contributed by atoms with Crippen LogP contribution in [-0.2, 0) is 16.6 Å². The van der Waals surface area contributed by atoms with E-state index in [9.17, 15) is 27.5 Å². The number of halogens is 4. The molecule has 34 heavy (non-hydrogen) atoms. The molecule has 2 unspecified atom stereocenters. The molecular formula is C25H21F4NO4. The molecule has 1 aromatic heterocycles. The molecule has 1 aliphatic rings. The van der Waals surface area contributed by atoms with Gasteiger partial charge < -0.3 is 14.6 Å². The van der Waals surface area contributed by atoms with E-state index in [1.54, 1.807) is 37.3 Å². The zero-order valence-corrected chi connectivity index (χ0v) is 18.1. The first-order chi connectivity index (χ1) is 16.1. The quantitative estimate of drug-likeness (QED) is 0.421. The molecule has 0 amide bonds. The smallest absolute Gasteiger partial charge is 0.330 e. The van der Waals surface area contributed by atoms with Crippen LogP contribution in [0.1, 0.15) is 18.2 Å². The number of nitrogens with zero attached hydrogens (tertiary/aromatic N) is 1. The third-order valence-corrected chi connectivity index (χ3v) is 5.99. The fraction of sp³-hybridized carbons (Fsp3) is 0.280. The SMILES string of the molecule is CCOc1ccc(C2(C(=O)O)C(Cc3cccc(Oc4ccccc4)n3)C(F)(F)C2(F)F)cc1. The number of para-hydroxylation sites is 1. The number of ether oxygens (including phenoxy) is 2. The van der Waals surface area contributed by atoms with E-state index in [-0.39, 0.29) is 11.6 Å². The maximum absolute atomic E-state index is 14.9. The summed E-state index contributed by atoms with van der Waals surface area (Å²) in [6.07, 6.45) is -0.700. The Balaban J connectivity index is 1.70. The highest BCUT2D eigenvalue weighted by Gasteiger charge is 2.90. The second-order valence-electron chi connectivity index (χ2n) is 7.91. The van der Waals surface area contributed by atoms with Gasteiger partial charge in [0, 0.05) is 18.2 Å². The first-order valence-electron chi connectivity index (χ1n) is 10.6. The first kappa shape index (κ1) is 23.5. The average Bonchev–Trinajstić information content (AvgIpc) is 2.80. The minimum Gasteiger partial charge on any atom is -0.494 e. The van der Waals surface area contributed by atoms with Gasteiger partial charge >= 0.3 is 17.8 Å². The fourth-order valence-electron chi connectivity index (χ4n) is 4.39. The van der Waals surface area contributed by atoms with Crippen molar-refractivity contribution in [2.75, 3.05) is 6.61 Å². The van der Waals surface area contributed by atoms with Crippen LogP contribution in [0.5, 0.6) is 17.4 Å². The minimum atomic E-state index is -4.82. The zero-order chi connectivity index (χ0) is 24.6. The molecule has 1 N–H and O–H groups in total. The molecule has 1 fully saturated rings. The summed E-state index contributed by atoms with van der Waals surface area (Å²) in [4.78, 5) is 16.4. The number of aromatic nitrogens is 1. The molecule has 1 heterocycles. The summed E-state index contributed by atoms with van der Waals surface area (Å²) in [5, 5.41) is 9.89. The van der Waals surface area contributed by atoms with Gasteiger partial charge in [0.15, 0.2) is 5.41 Å². The predicted octanol–water partition coefficient (Wildman–Crippen LogP) is 5.74. The number of carboxylic acid groups (broad SMARTS) is 1. The van der Waals surface area contributed by atoms with E-state index in [4.69, 9.17) is 9.47 Å². The standard InChI is InChI=1S/C25H21F4NO4/c1-2-33-18-13-11-16(12-14-18)23(22(31)32)20(24(26,27)25(23,28)29)15-17-7-6-10-21(30-17)34-19-8-4-3-5-9-19/h3-14,20H,2,15H2,1H3,(H,31,32). The van der Waals surface area contributed by atoms with Crippen LogP contribution in [0.15, 0.2) is 72.8 Å². The van der Waals surface area contributed by atoms with Gasteiger partial charge in [-0.25, -0.2) is 4.98 Å². The minimum absolute atomic E-state index is 0.00478. The van der Waals surface area contributed by atoms with Gasteiger partial charge in [-0.3, -0.25) is 4.79 Å². The Morgan fingerprint density at radius 3 is 2.24 bits per heavy atom. The van der Waals surface area contributed by atoms with Gasteiger partial charge in [-0.1, -0.05) is 36.4 Å². The summed E-state index contributed by atoms with van der Waals surface area (Å²) in [5.74, 6) is -12.8. The van der Waals surface area contributed by atoms with Crippen LogP contribution < -0.4 is 9.47 Å². The van der Waals surface area contributed by atoms with Crippen molar-refractivity contribution >= 4 is 5.97 Å². The van der Waals surface area contributed by atoms with Crippen LogP contribution in [0, 0.1) is 5.92 Å². The van der Waals surface area contributed by atoms with E-state index in [1.807, 2.05) is 0 Å². The summed E-state index contributed by atoms with van der Waals surface area (Å²) in [7, 11) is 0. The first-order valence-corrected chi connectivity index (χ1v) is 10.6. The number of pyridine rings is 1. The molecule has 0 aliphatic heterocycles. The molecule has 178 valence electrons. The summed E-state index contributed by atoms with van der Waals surface area (Å²) in [6.45, 7) is 2.01. The van der Waals surface area contributed by atoms with Crippen LogP contribution in [-0.4, -0.2) is 34.5 Å². The third kappa shape index (κ3) is 3.55. The van der Waals surface area contributed by atoms with Gasteiger partial charge in [-0.2, -0.15) is 17.6 Å². The Labute approximate surface area is 193 Å². The molecular weight excluding hydrogens is 454 g/mol. The predicted molar refractivity (Wildman–Crippen MR) is 115 cm³/mol. The lowest BCUT2D eigenvalue weighted by atomic mass is 9.50. The third-order valence-electron chi connectivity index (χ3n) is 5.99. The Bertz CT molecular complexity index is 1170. The van der Waals surface area contributed by atoms with Gasteiger partial charge in [-0.15, -0.1) is 0 Å². The molecule has 2 aromatic carbocycles. The van der Waals surface area contributed by atoms with E-state index in [2.05, 4.69) is 4.98 Å². The number of carbonyl (C=O) groups is 1. The zero-order valence-electron chi connectivity index (χ0n) is 18.1. The van der Waals surface area contributed by atoms with Crippen molar-refractivity contribution in [1.82, 2.24) is 4.98 Å². The molecule has 0 saturated heterocycles. The second-order valence-corrected chi connectivity index (χ2v) is 7.91. The maximum Gasteiger partial charge on any atom is 0.330 e. The van der Waals surface area contributed by atoms with Crippen molar-refractivity contribution in [3.63, 3.8) is 0 Å². The van der Waals surface area contributed by atoms with Gasteiger partial charge in [0.2, 0.25) is 5.88 Å². The summed E-state index contributed by atoms with van der Waals surface area (Å²) in [5.41, 5.74) is -3.56. The Kier molecular flexibility index (Phi) is 5.97. The van der Waals surface area contributed by atoms with E-state index in [0.717, 1.165) is 12.1 Å². The highest BCUT2D eigenvalue weighted by atomic mass is 19.3. The van der Waals surface area contributed by atoms with E-state index < -0.39 is 41.1 Å². The molecule has 9 heteroatoms. The second kappa shape index (κ2) is 8.62. The van der Waals surface area contributed by atoms with Crippen molar-refractivity contribution in [3.05, 3.63) is 84.1 Å². The molecule has 3 aromatic rings. The molecule has 4 rings (SSSR count). The summed E-state index contributed by atoms with van der Waals surface area (Å²) in [6, 6.07) is 17.7. The molecule has 0 spiro atoms. The number of alkyl halides is 4. The number of carboxylic acids is 1. The molecule has 1 aliphatic carbocycles. The molecule has 2 atom stereocenters. The lowest BCUT2D eigenvalue weighted by Gasteiger charge is -2.57. The highest BCUT2D eigenvalue weighted by molar-refractivity contribution is 5.86. The van der Waals surface area contributed by atoms with Gasteiger partial charge in [-0.05, 0) is 42.8 Å². The van der Waals surface area contributed by atoms with Gasteiger partial charge in [0.25, 0.3) is 0 Å². The topological polar surface area (TPSA) is 68.7 Å². The molecule has 5 nitrogen and oxygen atoms in total. The van der Waals surface area contributed by atoms with Crippen LogP contribution in [0.3, 0.4) is 0 Å². The largest absolute Gasteiger partial charge is 0.494 e. The van der Waals surface area contributed by atoms with Gasteiger partial charge in [0.05, 0.1) is 12.5 Å². The summed E-state index contributed by atoms with van der Waals surface area (Å²) < 4.78 is 70.2. The lowest BCUT2D eigenvalue weighted by Crippen LogP contribution is -2.79. The highest BCUT2D eigenvalue weighted by Crippen LogP contribution is 2.68. The van der Waals surface area contributed by atoms with E-state index in [0.29, 0.717) is 18.1 Å². The van der Waals surface area contributed by atoms with Crippen molar-refractivity contribution in [1.29, 1.82) is 0 Å². The van der Waals surface area contributed by atoms with Crippen LogP contribution in [0.25, 0.3) is 0 Å². The number of hydrogen-bond acceptors (Lipinski definition) is 4. The Morgan fingerprint density at radius 2 is 1.62 bits per heavy atom. The molecule has 1 saturated carbocycles. The monoisotopic (exact) mass is 475 g/mol. The van der Waals surface area contributed by atoms with E-state index >= 15 is 0 Å². The number of benzene rings is 2. The van der Waals surface area contributed by atoms with Crippen molar-refractivity contribution in [2.45, 2.75) is 30.6 Å². The van der Waals surface area contributed by atoms with Crippen LogP contribution in [0.2, 0.25) is 0 Å². The molecule has 0 bridgehead atoms. The summed E-state index contributed by atoms with van der Waals surface area (Å²) >= 11 is 0. The van der Waals surface area contributed by atoms with Crippen LogP contribution >= 0.6 is 0 Å². The average molecular weight is 475 g/mol. The normalized spacial score (nSPS) is 22.4.